The van der Waals surface area contributed by atoms with Gasteiger partial charge in [0.15, 0.2) is 0 Å². The highest BCUT2D eigenvalue weighted by molar-refractivity contribution is 8.00. The van der Waals surface area contributed by atoms with Crippen LogP contribution in [0.25, 0.3) is 0 Å². The van der Waals surface area contributed by atoms with E-state index in [2.05, 4.69) is 18.0 Å². The molecule has 1 saturated heterocycles. The molecule has 0 atom stereocenters. The summed E-state index contributed by atoms with van der Waals surface area (Å²) in [6.45, 7) is 4.34. The van der Waals surface area contributed by atoms with Crippen LogP contribution in [0.4, 0.5) is 0 Å². The molecule has 2 heterocycles. The lowest BCUT2D eigenvalue weighted by Crippen LogP contribution is -2.30. The topological polar surface area (TPSA) is 48.1 Å². The molecule has 0 aliphatic carbocycles. The summed E-state index contributed by atoms with van der Waals surface area (Å²) in [5.41, 5.74) is 7.85. The molecule has 14 heavy (non-hydrogen) atoms. The number of ether oxygens (including phenoxy) is 1. The lowest BCUT2D eigenvalue weighted by Gasteiger charge is -2.25. The number of hydrogen-bond acceptors (Lipinski definition) is 4. The van der Waals surface area contributed by atoms with Gasteiger partial charge in [0.05, 0.1) is 23.5 Å². The van der Waals surface area contributed by atoms with Crippen molar-refractivity contribution in [3.63, 3.8) is 0 Å². The molecule has 0 bridgehead atoms. The van der Waals surface area contributed by atoms with Gasteiger partial charge >= 0.3 is 0 Å². The van der Waals surface area contributed by atoms with Crippen LogP contribution in [-0.4, -0.2) is 23.4 Å². The summed E-state index contributed by atoms with van der Waals surface area (Å²) in [7, 11) is 0. The molecule has 1 aromatic heterocycles. The lowest BCUT2D eigenvalue weighted by atomic mass is 10.2. The molecule has 1 aromatic rings. The maximum absolute atomic E-state index is 5.54. The van der Waals surface area contributed by atoms with Gasteiger partial charge in [-0.3, -0.25) is 0 Å². The molecule has 76 valence electrons. The molecule has 2 N–H and O–H groups in total. The van der Waals surface area contributed by atoms with Crippen molar-refractivity contribution in [2.24, 2.45) is 5.73 Å². The summed E-state index contributed by atoms with van der Waals surface area (Å²) in [4.78, 5) is 4.40. The van der Waals surface area contributed by atoms with Crippen molar-refractivity contribution in [1.29, 1.82) is 0 Å². The second-order valence-electron chi connectivity index (χ2n) is 3.45. The Balaban J connectivity index is 2.09. The number of pyridine rings is 1. The normalized spacial score (nSPS) is 16.7. The molecule has 0 saturated carbocycles. The molecule has 1 fully saturated rings. The Morgan fingerprint density at radius 2 is 2.43 bits per heavy atom. The van der Waals surface area contributed by atoms with Gasteiger partial charge in [-0.2, -0.15) is 0 Å². The first-order valence-corrected chi connectivity index (χ1v) is 5.57. The van der Waals surface area contributed by atoms with Gasteiger partial charge in [-0.25, -0.2) is 4.98 Å². The smallest absolute Gasteiger partial charge is 0.0993 e. The van der Waals surface area contributed by atoms with Gasteiger partial charge in [-0.05, 0) is 18.1 Å². The van der Waals surface area contributed by atoms with E-state index >= 15 is 0 Å². The molecule has 0 unspecified atom stereocenters. The predicted octanol–water partition coefficient (Wildman–Crippen LogP) is 1.34. The Hall–Kier alpha value is -0.580. The fourth-order valence-corrected chi connectivity index (χ4v) is 2.30. The van der Waals surface area contributed by atoms with Crippen molar-refractivity contribution < 1.29 is 4.74 Å². The van der Waals surface area contributed by atoms with E-state index in [1.807, 2.05) is 6.20 Å². The molecule has 3 nitrogen and oxygen atoms in total. The zero-order valence-corrected chi connectivity index (χ0v) is 9.01. The third kappa shape index (κ3) is 2.08. The summed E-state index contributed by atoms with van der Waals surface area (Å²) < 4.78 is 5.12. The van der Waals surface area contributed by atoms with E-state index in [0.717, 1.165) is 23.8 Å². The first kappa shape index (κ1) is 9.96. The van der Waals surface area contributed by atoms with Crippen LogP contribution in [0.3, 0.4) is 0 Å². The summed E-state index contributed by atoms with van der Waals surface area (Å²) >= 11 is 1.80. The average Bonchev–Trinajstić information content (AvgIpc) is 2.13. The maximum Gasteiger partial charge on any atom is 0.0993 e. The van der Waals surface area contributed by atoms with Crippen LogP contribution in [0.5, 0.6) is 0 Å². The molecule has 1 aliphatic heterocycles. The van der Waals surface area contributed by atoms with Gasteiger partial charge < -0.3 is 10.5 Å². The summed E-state index contributed by atoms with van der Waals surface area (Å²) in [5.74, 6) is 0. The van der Waals surface area contributed by atoms with Crippen LogP contribution < -0.4 is 5.73 Å². The highest BCUT2D eigenvalue weighted by Crippen LogP contribution is 2.28. The van der Waals surface area contributed by atoms with Crippen molar-refractivity contribution in [2.45, 2.75) is 23.7 Å². The van der Waals surface area contributed by atoms with Crippen LogP contribution in [0.1, 0.15) is 11.1 Å². The molecule has 4 heteroatoms. The Morgan fingerprint density at radius 3 is 2.93 bits per heavy atom. The monoisotopic (exact) mass is 210 g/mol. The van der Waals surface area contributed by atoms with Crippen LogP contribution in [0, 0.1) is 6.92 Å². The SMILES string of the molecule is Cc1cc(CN)cnc1SC1COC1. The van der Waals surface area contributed by atoms with Crippen molar-refractivity contribution in [1.82, 2.24) is 4.98 Å². The third-order valence-corrected chi connectivity index (χ3v) is 3.46. The molecule has 0 radical (unpaired) electrons. The summed E-state index contributed by atoms with van der Waals surface area (Å²) in [6, 6.07) is 2.11. The molecule has 1 aliphatic rings. The van der Waals surface area contributed by atoms with Gasteiger partial charge in [0.1, 0.15) is 0 Å². The third-order valence-electron chi connectivity index (χ3n) is 2.21. The minimum absolute atomic E-state index is 0.561. The predicted molar refractivity (Wildman–Crippen MR) is 57.3 cm³/mol. The first-order chi connectivity index (χ1) is 6.79. The molecule has 2 rings (SSSR count). The minimum Gasteiger partial charge on any atom is -0.379 e. The Bertz CT molecular complexity index is 326. The first-order valence-electron chi connectivity index (χ1n) is 4.69. The van der Waals surface area contributed by atoms with E-state index in [4.69, 9.17) is 10.5 Å². The van der Waals surface area contributed by atoms with Crippen molar-refractivity contribution >= 4 is 11.8 Å². The lowest BCUT2D eigenvalue weighted by molar-refractivity contribution is 0.0454. The molecular formula is C10H14N2OS. The minimum atomic E-state index is 0.561. The summed E-state index contributed by atoms with van der Waals surface area (Å²) in [6.07, 6.45) is 1.86. The molecular weight excluding hydrogens is 196 g/mol. The van der Waals surface area contributed by atoms with Gasteiger partial charge in [-0.15, -0.1) is 0 Å². The van der Waals surface area contributed by atoms with Crippen molar-refractivity contribution in [3.8, 4) is 0 Å². The fourth-order valence-electron chi connectivity index (χ4n) is 1.30. The van der Waals surface area contributed by atoms with Gasteiger partial charge in [0.2, 0.25) is 0 Å². The Kier molecular flexibility index (Phi) is 3.05. The van der Waals surface area contributed by atoms with Gasteiger partial charge in [-0.1, -0.05) is 17.8 Å². The highest BCUT2D eigenvalue weighted by atomic mass is 32.2. The number of aromatic nitrogens is 1. The average molecular weight is 210 g/mol. The molecule has 0 aromatic carbocycles. The second kappa shape index (κ2) is 4.29. The Labute approximate surface area is 88.0 Å². The zero-order valence-electron chi connectivity index (χ0n) is 8.19. The largest absolute Gasteiger partial charge is 0.379 e. The van der Waals surface area contributed by atoms with E-state index in [1.165, 1.54) is 5.56 Å². The van der Waals surface area contributed by atoms with E-state index in [-0.39, 0.29) is 0 Å². The quantitative estimate of drug-likeness (QED) is 0.818. The van der Waals surface area contributed by atoms with E-state index in [1.54, 1.807) is 11.8 Å². The van der Waals surface area contributed by atoms with Crippen LogP contribution >= 0.6 is 11.8 Å². The molecule has 0 amide bonds. The number of hydrogen-bond donors (Lipinski definition) is 1. The van der Waals surface area contributed by atoms with E-state index in [0.29, 0.717) is 11.8 Å². The number of nitrogens with zero attached hydrogens (tertiary/aromatic N) is 1. The van der Waals surface area contributed by atoms with Crippen LogP contribution in [0.2, 0.25) is 0 Å². The van der Waals surface area contributed by atoms with E-state index in [9.17, 15) is 0 Å². The molecule has 0 spiro atoms. The fraction of sp³-hybridized carbons (Fsp3) is 0.500. The number of aryl methyl sites for hydroxylation is 1. The number of nitrogens with two attached hydrogens (primary N) is 1. The standard InChI is InChI=1S/C10H14N2OS/c1-7-2-8(3-11)4-12-10(7)14-9-5-13-6-9/h2,4,9H,3,5-6,11H2,1H3. The van der Waals surface area contributed by atoms with Crippen LogP contribution in [0.15, 0.2) is 17.3 Å². The second-order valence-corrected chi connectivity index (χ2v) is 4.74. The number of thioether (sulfide) groups is 1. The summed E-state index contributed by atoms with van der Waals surface area (Å²) in [5, 5.41) is 1.69. The van der Waals surface area contributed by atoms with Crippen molar-refractivity contribution in [3.05, 3.63) is 23.4 Å². The van der Waals surface area contributed by atoms with Gasteiger partial charge in [0, 0.05) is 12.7 Å². The van der Waals surface area contributed by atoms with Crippen molar-refractivity contribution in [2.75, 3.05) is 13.2 Å². The van der Waals surface area contributed by atoms with E-state index < -0.39 is 0 Å². The van der Waals surface area contributed by atoms with Crippen LogP contribution in [-0.2, 0) is 11.3 Å². The zero-order chi connectivity index (χ0) is 9.97. The highest BCUT2D eigenvalue weighted by Gasteiger charge is 2.20. The maximum atomic E-state index is 5.54. The van der Waals surface area contributed by atoms with Gasteiger partial charge in [0.25, 0.3) is 0 Å². The number of rotatable bonds is 3. The Morgan fingerprint density at radius 1 is 1.64 bits per heavy atom.